The van der Waals surface area contributed by atoms with Crippen molar-refractivity contribution in [2.75, 3.05) is 24.4 Å². The van der Waals surface area contributed by atoms with E-state index in [0.29, 0.717) is 12.4 Å². The zero-order valence-corrected chi connectivity index (χ0v) is 15.2. The Labute approximate surface area is 147 Å². The van der Waals surface area contributed by atoms with Crippen LogP contribution in [0.2, 0.25) is 0 Å². The van der Waals surface area contributed by atoms with Gasteiger partial charge in [-0.15, -0.1) is 11.6 Å². The Morgan fingerprint density at radius 2 is 1.96 bits per heavy atom. The average molecular weight is 348 g/mol. The van der Waals surface area contributed by atoms with Crippen LogP contribution in [0.25, 0.3) is 10.8 Å². The van der Waals surface area contributed by atoms with Crippen molar-refractivity contribution >= 4 is 34.2 Å². The zero-order chi connectivity index (χ0) is 17.5. The topological polar surface area (TPSA) is 38.8 Å². The molecule has 0 radical (unpaired) electrons. The van der Waals surface area contributed by atoms with Gasteiger partial charge in [0.25, 0.3) is 0 Å². The highest BCUT2D eigenvalue weighted by molar-refractivity contribution is 6.19. The summed E-state index contributed by atoms with van der Waals surface area (Å²) >= 11 is 6.20. The van der Waals surface area contributed by atoms with Gasteiger partial charge in [-0.3, -0.25) is 4.90 Å². The first-order valence-corrected chi connectivity index (χ1v) is 8.55. The number of nitrogens with zero attached hydrogens (tertiary/aromatic N) is 1. The van der Waals surface area contributed by atoms with E-state index in [9.17, 15) is 4.79 Å². The summed E-state index contributed by atoms with van der Waals surface area (Å²) in [5.74, 6) is 1.26. The van der Waals surface area contributed by atoms with Crippen LogP contribution in [0.15, 0.2) is 30.3 Å². The molecule has 5 heteroatoms. The Kier molecular flexibility index (Phi) is 4.35. The summed E-state index contributed by atoms with van der Waals surface area (Å²) < 4.78 is 11.1. The number of carbonyl (C=O) groups is 1. The molecule has 1 heterocycles. The number of halogens is 1. The van der Waals surface area contributed by atoms with Crippen LogP contribution in [0, 0.1) is 0 Å². The summed E-state index contributed by atoms with van der Waals surface area (Å²) in [5.41, 5.74) is 1.37. The van der Waals surface area contributed by atoms with Gasteiger partial charge in [-0.25, -0.2) is 4.79 Å². The largest absolute Gasteiger partial charge is 0.496 e. The van der Waals surface area contributed by atoms with E-state index in [2.05, 4.69) is 6.07 Å². The van der Waals surface area contributed by atoms with Crippen LogP contribution < -0.4 is 9.64 Å². The molecule has 1 aliphatic heterocycles. The standard InChI is InChI=1S/C19H22ClNO3/c1-19(2,3)24-18(22)21-11-12(10-20)17-14-8-6-5-7-13(14)16(23-4)9-15(17)21/h5-9,12H,10-11H2,1-4H3. The smallest absolute Gasteiger partial charge is 0.414 e. The highest BCUT2D eigenvalue weighted by atomic mass is 35.5. The number of ether oxygens (including phenoxy) is 2. The van der Waals surface area contributed by atoms with Gasteiger partial charge in [0.1, 0.15) is 11.4 Å². The lowest BCUT2D eigenvalue weighted by Gasteiger charge is -2.25. The van der Waals surface area contributed by atoms with Gasteiger partial charge in [0.05, 0.1) is 12.8 Å². The van der Waals surface area contributed by atoms with Crippen molar-refractivity contribution in [2.45, 2.75) is 32.3 Å². The van der Waals surface area contributed by atoms with E-state index in [1.165, 1.54) is 0 Å². The van der Waals surface area contributed by atoms with Crippen molar-refractivity contribution in [1.29, 1.82) is 0 Å². The Bertz CT molecular complexity index is 782. The number of carbonyl (C=O) groups excluding carboxylic acids is 1. The normalized spacial score (nSPS) is 17.0. The van der Waals surface area contributed by atoms with Gasteiger partial charge < -0.3 is 9.47 Å². The van der Waals surface area contributed by atoms with Crippen molar-refractivity contribution in [3.63, 3.8) is 0 Å². The summed E-state index contributed by atoms with van der Waals surface area (Å²) in [5, 5.41) is 2.10. The fourth-order valence-electron chi connectivity index (χ4n) is 3.20. The number of rotatable bonds is 2. The molecule has 0 saturated carbocycles. The zero-order valence-electron chi connectivity index (χ0n) is 14.4. The number of fused-ring (bicyclic) bond motifs is 3. The molecular weight excluding hydrogens is 326 g/mol. The number of methoxy groups -OCH3 is 1. The first kappa shape index (κ1) is 16.9. The number of benzene rings is 2. The first-order valence-electron chi connectivity index (χ1n) is 8.02. The van der Waals surface area contributed by atoms with E-state index in [4.69, 9.17) is 21.1 Å². The molecule has 128 valence electrons. The summed E-state index contributed by atoms with van der Waals surface area (Å²) in [6.07, 6.45) is -0.353. The third kappa shape index (κ3) is 2.91. The first-order chi connectivity index (χ1) is 11.4. The van der Waals surface area contributed by atoms with Crippen molar-refractivity contribution < 1.29 is 14.3 Å². The summed E-state index contributed by atoms with van der Waals surface area (Å²) in [6, 6.07) is 9.95. The lowest BCUT2D eigenvalue weighted by atomic mass is 9.95. The fraction of sp³-hybridized carbons (Fsp3) is 0.421. The second-order valence-corrected chi connectivity index (χ2v) is 7.31. The monoisotopic (exact) mass is 347 g/mol. The lowest BCUT2D eigenvalue weighted by Crippen LogP contribution is -2.36. The predicted octanol–water partition coefficient (Wildman–Crippen LogP) is 4.93. The van der Waals surface area contributed by atoms with Crippen LogP contribution in [0.4, 0.5) is 10.5 Å². The molecule has 2 aromatic rings. The highest BCUT2D eigenvalue weighted by Crippen LogP contribution is 2.45. The molecule has 0 bridgehead atoms. The minimum atomic E-state index is -0.544. The average Bonchev–Trinajstić information content (AvgIpc) is 2.91. The maximum Gasteiger partial charge on any atom is 0.414 e. The number of hydrogen-bond donors (Lipinski definition) is 0. The molecule has 1 atom stereocenters. The van der Waals surface area contributed by atoms with Crippen LogP contribution in [0.5, 0.6) is 5.75 Å². The summed E-state index contributed by atoms with van der Waals surface area (Å²) in [6.45, 7) is 6.11. The van der Waals surface area contributed by atoms with Gasteiger partial charge in [-0.05, 0) is 31.7 Å². The molecular formula is C19H22ClNO3. The van der Waals surface area contributed by atoms with Crippen molar-refractivity contribution in [2.24, 2.45) is 0 Å². The predicted molar refractivity (Wildman–Crippen MR) is 97.5 cm³/mol. The molecule has 1 unspecified atom stereocenters. The van der Waals surface area contributed by atoms with Gasteiger partial charge in [-0.1, -0.05) is 24.3 Å². The van der Waals surface area contributed by atoms with Crippen molar-refractivity contribution in [3.8, 4) is 5.75 Å². The quantitative estimate of drug-likeness (QED) is 0.723. The second kappa shape index (κ2) is 6.17. The molecule has 0 N–H and O–H groups in total. The van der Waals surface area contributed by atoms with E-state index in [1.807, 2.05) is 45.0 Å². The van der Waals surface area contributed by atoms with Crippen LogP contribution in [-0.2, 0) is 4.74 Å². The van der Waals surface area contributed by atoms with Gasteiger partial charge in [0, 0.05) is 29.8 Å². The minimum Gasteiger partial charge on any atom is -0.496 e. The van der Waals surface area contributed by atoms with Crippen molar-refractivity contribution in [3.05, 3.63) is 35.9 Å². The molecule has 4 nitrogen and oxygen atoms in total. The summed E-state index contributed by atoms with van der Waals surface area (Å²) in [7, 11) is 1.64. The lowest BCUT2D eigenvalue weighted by molar-refractivity contribution is 0.0582. The molecule has 1 aliphatic rings. The van der Waals surface area contributed by atoms with Crippen LogP contribution in [0.1, 0.15) is 32.3 Å². The van der Waals surface area contributed by atoms with Gasteiger partial charge in [-0.2, -0.15) is 0 Å². The molecule has 1 amide bonds. The molecule has 0 spiro atoms. The third-order valence-corrected chi connectivity index (χ3v) is 4.52. The molecule has 24 heavy (non-hydrogen) atoms. The SMILES string of the molecule is COc1cc2c(c3ccccc13)C(CCl)CN2C(=O)OC(C)(C)C. The molecule has 0 aromatic heterocycles. The maximum atomic E-state index is 12.6. The maximum absolute atomic E-state index is 12.6. The molecule has 3 rings (SSSR count). The number of hydrogen-bond acceptors (Lipinski definition) is 3. The summed E-state index contributed by atoms with van der Waals surface area (Å²) in [4.78, 5) is 14.3. The Morgan fingerprint density at radius 1 is 1.29 bits per heavy atom. The van der Waals surface area contributed by atoms with E-state index in [1.54, 1.807) is 12.0 Å². The minimum absolute atomic E-state index is 0.0741. The highest BCUT2D eigenvalue weighted by Gasteiger charge is 2.36. The number of amides is 1. The van der Waals surface area contributed by atoms with E-state index >= 15 is 0 Å². The van der Waals surface area contributed by atoms with Crippen LogP contribution in [-0.4, -0.2) is 31.2 Å². The fourth-order valence-corrected chi connectivity index (χ4v) is 3.45. The van der Waals surface area contributed by atoms with E-state index < -0.39 is 5.60 Å². The van der Waals surface area contributed by atoms with Crippen molar-refractivity contribution in [1.82, 2.24) is 0 Å². The van der Waals surface area contributed by atoms with Gasteiger partial charge in [0.15, 0.2) is 0 Å². The Balaban J connectivity index is 2.15. The van der Waals surface area contributed by atoms with Gasteiger partial charge in [0.2, 0.25) is 0 Å². The Morgan fingerprint density at radius 3 is 2.54 bits per heavy atom. The number of anilines is 1. The molecule has 0 fully saturated rings. The van der Waals surface area contributed by atoms with Gasteiger partial charge >= 0.3 is 6.09 Å². The third-order valence-electron chi connectivity index (χ3n) is 4.15. The Hall–Kier alpha value is -1.94. The van der Waals surface area contributed by atoms with Crippen LogP contribution >= 0.6 is 11.6 Å². The molecule has 0 aliphatic carbocycles. The second-order valence-electron chi connectivity index (χ2n) is 7.00. The van der Waals surface area contributed by atoms with Crippen LogP contribution in [0.3, 0.4) is 0 Å². The molecule has 0 saturated heterocycles. The van der Waals surface area contributed by atoms with E-state index in [-0.39, 0.29) is 12.0 Å². The number of alkyl halides is 1. The molecule has 2 aromatic carbocycles. The van der Waals surface area contributed by atoms with E-state index in [0.717, 1.165) is 27.8 Å².